The van der Waals surface area contributed by atoms with Crippen LogP contribution in [0.25, 0.3) is 0 Å². The van der Waals surface area contributed by atoms with Gasteiger partial charge >= 0.3 is 0 Å². The fraction of sp³-hybridized carbons (Fsp3) is 0.190. The van der Waals surface area contributed by atoms with Crippen LogP contribution < -0.4 is 15.4 Å². The van der Waals surface area contributed by atoms with Crippen LogP contribution >= 0.6 is 0 Å². The van der Waals surface area contributed by atoms with E-state index in [2.05, 4.69) is 33.6 Å². The van der Waals surface area contributed by atoms with Crippen molar-refractivity contribution in [2.45, 2.75) is 20.3 Å². The minimum absolute atomic E-state index is 0.295. The van der Waals surface area contributed by atoms with Gasteiger partial charge in [0.25, 0.3) is 5.91 Å². The molecular weight excluding hydrogens is 340 g/mol. The van der Waals surface area contributed by atoms with Crippen LogP contribution in [0, 0.1) is 6.92 Å². The summed E-state index contributed by atoms with van der Waals surface area (Å²) < 4.78 is 5.24. The number of methoxy groups -OCH3 is 1. The number of benzene rings is 2. The number of anilines is 3. The first-order chi connectivity index (χ1) is 13.1. The van der Waals surface area contributed by atoms with E-state index in [0.29, 0.717) is 22.9 Å². The van der Waals surface area contributed by atoms with Crippen molar-refractivity contribution in [3.8, 4) is 5.75 Å². The predicted molar refractivity (Wildman–Crippen MR) is 107 cm³/mol. The fourth-order valence-electron chi connectivity index (χ4n) is 2.77. The Hall–Kier alpha value is -3.41. The van der Waals surface area contributed by atoms with Crippen molar-refractivity contribution in [1.82, 2.24) is 9.97 Å². The molecule has 0 atom stereocenters. The van der Waals surface area contributed by atoms with Crippen LogP contribution in [0.2, 0.25) is 0 Å². The van der Waals surface area contributed by atoms with E-state index in [0.717, 1.165) is 17.7 Å². The molecule has 0 saturated heterocycles. The van der Waals surface area contributed by atoms with Crippen molar-refractivity contribution in [3.05, 3.63) is 71.5 Å². The third kappa shape index (κ3) is 4.23. The summed E-state index contributed by atoms with van der Waals surface area (Å²) in [6.45, 7) is 4.14. The number of nitrogens with zero attached hydrogens (tertiary/aromatic N) is 2. The van der Waals surface area contributed by atoms with Gasteiger partial charge in [-0.05, 0) is 36.6 Å². The molecule has 0 aliphatic rings. The van der Waals surface area contributed by atoms with Gasteiger partial charge in [-0.25, -0.2) is 9.97 Å². The second-order valence-electron chi connectivity index (χ2n) is 6.04. The molecule has 0 aliphatic carbocycles. The Bertz CT molecular complexity index is 939. The number of carbonyl (C=O) groups is 1. The van der Waals surface area contributed by atoms with Crippen molar-refractivity contribution in [1.29, 1.82) is 0 Å². The van der Waals surface area contributed by atoms with Crippen molar-refractivity contribution in [3.63, 3.8) is 0 Å². The molecule has 0 radical (unpaired) electrons. The molecule has 1 amide bonds. The van der Waals surface area contributed by atoms with Crippen molar-refractivity contribution >= 4 is 23.2 Å². The number of amides is 1. The summed E-state index contributed by atoms with van der Waals surface area (Å²) in [6, 6.07) is 13.4. The summed E-state index contributed by atoms with van der Waals surface area (Å²) in [6.07, 6.45) is 3.91. The summed E-state index contributed by atoms with van der Waals surface area (Å²) in [5, 5.41) is 6.06. The van der Waals surface area contributed by atoms with E-state index in [1.165, 1.54) is 18.0 Å². The van der Waals surface area contributed by atoms with Gasteiger partial charge in [0.2, 0.25) is 5.95 Å². The minimum Gasteiger partial charge on any atom is -0.495 e. The molecule has 0 bridgehead atoms. The molecule has 3 aromatic rings. The lowest BCUT2D eigenvalue weighted by atomic mass is 10.1. The Labute approximate surface area is 158 Å². The van der Waals surface area contributed by atoms with E-state index in [1.54, 1.807) is 19.2 Å². The Balaban J connectivity index is 1.75. The summed E-state index contributed by atoms with van der Waals surface area (Å²) in [7, 11) is 1.56. The fourth-order valence-corrected chi connectivity index (χ4v) is 2.77. The van der Waals surface area contributed by atoms with Gasteiger partial charge in [-0.2, -0.15) is 0 Å². The zero-order valence-corrected chi connectivity index (χ0v) is 15.6. The van der Waals surface area contributed by atoms with Gasteiger partial charge in [0.1, 0.15) is 5.75 Å². The van der Waals surface area contributed by atoms with Gasteiger partial charge < -0.3 is 15.4 Å². The van der Waals surface area contributed by atoms with E-state index < -0.39 is 0 Å². The maximum absolute atomic E-state index is 12.4. The summed E-state index contributed by atoms with van der Waals surface area (Å²) in [5.41, 5.74) is 4.28. The lowest BCUT2D eigenvalue weighted by molar-refractivity contribution is 0.102. The van der Waals surface area contributed by atoms with Crippen LogP contribution in [0.3, 0.4) is 0 Å². The summed E-state index contributed by atoms with van der Waals surface area (Å²) >= 11 is 0. The molecule has 0 fully saturated rings. The smallest absolute Gasteiger partial charge is 0.258 e. The zero-order valence-electron chi connectivity index (χ0n) is 15.6. The van der Waals surface area contributed by atoms with Gasteiger partial charge in [-0.3, -0.25) is 4.79 Å². The van der Waals surface area contributed by atoms with Gasteiger partial charge in [0.05, 0.1) is 18.4 Å². The first kappa shape index (κ1) is 18.4. The Morgan fingerprint density at radius 3 is 2.52 bits per heavy atom. The monoisotopic (exact) mass is 362 g/mol. The Kier molecular flexibility index (Phi) is 5.66. The third-order valence-corrected chi connectivity index (χ3v) is 4.25. The number of hydrogen-bond donors (Lipinski definition) is 2. The SMILES string of the molecule is CCc1cccc(C)c1Nc1ncc(C(=O)Nc2ccccc2OC)cn1. The highest BCUT2D eigenvalue weighted by molar-refractivity contribution is 6.04. The van der Waals surface area contributed by atoms with Gasteiger partial charge in [0, 0.05) is 18.1 Å². The number of ether oxygens (including phenoxy) is 1. The molecular formula is C21H22N4O2. The van der Waals surface area contributed by atoms with Crippen LogP contribution in [-0.4, -0.2) is 23.0 Å². The number of aryl methyl sites for hydroxylation is 2. The molecule has 138 valence electrons. The molecule has 1 heterocycles. The number of rotatable bonds is 6. The molecule has 0 saturated carbocycles. The highest BCUT2D eigenvalue weighted by atomic mass is 16.5. The maximum Gasteiger partial charge on any atom is 0.258 e. The quantitative estimate of drug-likeness (QED) is 0.682. The number of aromatic nitrogens is 2. The molecule has 0 spiro atoms. The molecule has 27 heavy (non-hydrogen) atoms. The maximum atomic E-state index is 12.4. The van der Waals surface area contributed by atoms with E-state index in [4.69, 9.17) is 4.74 Å². The lowest BCUT2D eigenvalue weighted by Gasteiger charge is -2.13. The topological polar surface area (TPSA) is 76.1 Å². The minimum atomic E-state index is -0.295. The predicted octanol–water partition coefficient (Wildman–Crippen LogP) is 4.35. The standard InChI is InChI=1S/C21H22N4O2/c1-4-15-9-7-8-14(2)19(15)25-21-22-12-16(13-23-21)20(26)24-17-10-5-6-11-18(17)27-3/h5-13H,4H2,1-3H3,(H,24,26)(H,22,23,25). The number of carbonyl (C=O) groups excluding carboxylic acids is 1. The molecule has 6 heteroatoms. The number of hydrogen-bond acceptors (Lipinski definition) is 5. The second-order valence-corrected chi connectivity index (χ2v) is 6.04. The van der Waals surface area contributed by atoms with Gasteiger partial charge in [-0.15, -0.1) is 0 Å². The van der Waals surface area contributed by atoms with E-state index >= 15 is 0 Å². The van der Waals surface area contributed by atoms with Crippen LogP contribution in [0.4, 0.5) is 17.3 Å². The zero-order chi connectivity index (χ0) is 19.2. The van der Waals surface area contributed by atoms with Crippen LogP contribution in [0.15, 0.2) is 54.9 Å². The normalized spacial score (nSPS) is 10.3. The van der Waals surface area contributed by atoms with E-state index in [-0.39, 0.29) is 5.91 Å². The largest absolute Gasteiger partial charge is 0.495 e. The average Bonchev–Trinajstić information content (AvgIpc) is 2.70. The Morgan fingerprint density at radius 1 is 1.07 bits per heavy atom. The number of para-hydroxylation sites is 3. The van der Waals surface area contributed by atoms with Crippen LogP contribution in [0.5, 0.6) is 5.75 Å². The van der Waals surface area contributed by atoms with Crippen LogP contribution in [-0.2, 0) is 6.42 Å². The molecule has 3 rings (SSSR count). The average molecular weight is 362 g/mol. The molecule has 0 unspecified atom stereocenters. The molecule has 2 N–H and O–H groups in total. The van der Waals surface area contributed by atoms with Gasteiger partial charge in [0.15, 0.2) is 0 Å². The Morgan fingerprint density at radius 2 is 1.81 bits per heavy atom. The van der Waals surface area contributed by atoms with Crippen molar-refractivity contribution in [2.24, 2.45) is 0 Å². The van der Waals surface area contributed by atoms with Crippen LogP contribution in [0.1, 0.15) is 28.4 Å². The summed E-state index contributed by atoms with van der Waals surface area (Å²) in [5.74, 6) is 0.751. The van der Waals surface area contributed by atoms with E-state index in [1.807, 2.05) is 31.2 Å². The second kappa shape index (κ2) is 8.31. The molecule has 1 aromatic heterocycles. The third-order valence-electron chi connectivity index (χ3n) is 4.25. The van der Waals surface area contributed by atoms with Crippen molar-refractivity contribution < 1.29 is 9.53 Å². The molecule has 0 aliphatic heterocycles. The van der Waals surface area contributed by atoms with Gasteiger partial charge in [-0.1, -0.05) is 37.3 Å². The first-order valence-corrected chi connectivity index (χ1v) is 8.74. The molecule has 2 aromatic carbocycles. The highest BCUT2D eigenvalue weighted by Gasteiger charge is 2.11. The highest BCUT2D eigenvalue weighted by Crippen LogP contribution is 2.25. The number of nitrogens with one attached hydrogen (secondary N) is 2. The van der Waals surface area contributed by atoms with Crippen molar-refractivity contribution in [2.75, 3.05) is 17.7 Å². The van der Waals surface area contributed by atoms with E-state index in [9.17, 15) is 4.79 Å². The lowest BCUT2D eigenvalue weighted by Crippen LogP contribution is -2.14. The summed E-state index contributed by atoms with van der Waals surface area (Å²) in [4.78, 5) is 21.0. The first-order valence-electron chi connectivity index (χ1n) is 8.74. The molecule has 6 nitrogen and oxygen atoms in total.